The van der Waals surface area contributed by atoms with Gasteiger partial charge in [-0.3, -0.25) is 0 Å². The molecule has 1 saturated carbocycles. The van der Waals surface area contributed by atoms with E-state index in [1.54, 1.807) is 0 Å². The van der Waals surface area contributed by atoms with Gasteiger partial charge >= 0.3 is 0 Å². The summed E-state index contributed by atoms with van der Waals surface area (Å²) < 4.78 is 0. The Morgan fingerprint density at radius 1 is 1.12 bits per heavy atom. The first-order valence-electron chi connectivity index (χ1n) is 7.26. The second kappa shape index (κ2) is 6.02. The molecule has 0 amide bonds. The minimum absolute atomic E-state index is 0.814. The van der Waals surface area contributed by atoms with Crippen LogP contribution in [0.2, 0.25) is 0 Å². The first-order valence-corrected chi connectivity index (χ1v) is 7.26. The number of rotatable bonds is 4. The van der Waals surface area contributed by atoms with Crippen LogP contribution in [0.25, 0.3) is 0 Å². The van der Waals surface area contributed by atoms with Crippen molar-refractivity contribution in [2.75, 3.05) is 26.2 Å². The molecule has 0 bridgehead atoms. The van der Waals surface area contributed by atoms with Gasteiger partial charge in [0, 0.05) is 13.1 Å². The molecule has 3 atom stereocenters. The van der Waals surface area contributed by atoms with Crippen molar-refractivity contribution in [2.45, 2.75) is 45.4 Å². The lowest BCUT2D eigenvalue weighted by Gasteiger charge is -2.33. The monoisotopic (exact) mass is 224 g/mol. The van der Waals surface area contributed by atoms with Crippen LogP contribution in [0.3, 0.4) is 0 Å². The van der Waals surface area contributed by atoms with Crippen LogP contribution >= 0.6 is 0 Å². The number of nitrogens with zero attached hydrogens (tertiary/aromatic N) is 1. The maximum absolute atomic E-state index is 5.90. The molecule has 2 heteroatoms. The third-order valence-corrected chi connectivity index (χ3v) is 4.81. The Bertz CT molecular complexity index is 205. The van der Waals surface area contributed by atoms with Crippen LogP contribution in [-0.4, -0.2) is 31.1 Å². The fraction of sp³-hybridized carbons (Fsp3) is 1.00. The van der Waals surface area contributed by atoms with Gasteiger partial charge in [-0.15, -0.1) is 0 Å². The molecule has 2 nitrogen and oxygen atoms in total. The van der Waals surface area contributed by atoms with Crippen molar-refractivity contribution < 1.29 is 0 Å². The lowest BCUT2D eigenvalue weighted by Crippen LogP contribution is -2.36. The fourth-order valence-corrected chi connectivity index (χ4v) is 3.58. The summed E-state index contributed by atoms with van der Waals surface area (Å²) in [7, 11) is 0. The van der Waals surface area contributed by atoms with Crippen LogP contribution in [0.15, 0.2) is 0 Å². The second-order valence-corrected chi connectivity index (χ2v) is 5.86. The molecule has 94 valence electrons. The van der Waals surface area contributed by atoms with E-state index in [0.29, 0.717) is 0 Å². The lowest BCUT2D eigenvalue weighted by molar-refractivity contribution is 0.170. The zero-order valence-corrected chi connectivity index (χ0v) is 10.8. The van der Waals surface area contributed by atoms with Gasteiger partial charge in [-0.05, 0) is 50.1 Å². The molecular weight excluding hydrogens is 196 g/mol. The summed E-state index contributed by atoms with van der Waals surface area (Å²) in [5.41, 5.74) is 5.90. The molecule has 16 heavy (non-hydrogen) atoms. The van der Waals surface area contributed by atoms with E-state index in [4.69, 9.17) is 5.73 Å². The maximum atomic E-state index is 5.90. The van der Waals surface area contributed by atoms with Crippen molar-refractivity contribution in [3.63, 3.8) is 0 Å². The molecule has 0 aromatic rings. The summed E-state index contributed by atoms with van der Waals surface area (Å²) in [6.45, 7) is 7.27. The van der Waals surface area contributed by atoms with E-state index in [9.17, 15) is 0 Å². The summed E-state index contributed by atoms with van der Waals surface area (Å²) in [5.74, 6) is 2.68. The Kier molecular flexibility index (Phi) is 4.66. The normalized spacial score (nSPS) is 36.8. The van der Waals surface area contributed by atoms with Crippen LogP contribution in [0.1, 0.15) is 45.4 Å². The average Bonchev–Trinajstić information content (AvgIpc) is 2.77. The van der Waals surface area contributed by atoms with Crippen molar-refractivity contribution >= 4 is 0 Å². The van der Waals surface area contributed by atoms with Gasteiger partial charge in [0.05, 0.1) is 0 Å². The molecule has 2 aliphatic rings. The molecule has 1 aliphatic heterocycles. The van der Waals surface area contributed by atoms with Crippen LogP contribution in [0, 0.1) is 17.8 Å². The number of nitrogens with two attached hydrogens (primary N) is 1. The lowest BCUT2D eigenvalue weighted by atomic mass is 9.79. The van der Waals surface area contributed by atoms with Crippen LogP contribution in [-0.2, 0) is 0 Å². The number of hydrogen-bond acceptors (Lipinski definition) is 2. The Labute approximate surface area is 101 Å². The largest absolute Gasteiger partial charge is 0.330 e. The van der Waals surface area contributed by atoms with E-state index < -0.39 is 0 Å². The number of hydrogen-bond donors (Lipinski definition) is 1. The molecule has 0 aromatic heterocycles. The predicted octanol–water partition coefficient (Wildman–Crippen LogP) is 2.48. The Hall–Kier alpha value is -0.0800. The summed E-state index contributed by atoms with van der Waals surface area (Å²) in [6.07, 6.45) is 8.45. The average molecular weight is 224 g/mol. The molecule has 0 spiro atoms. The van der Waals surface area contributed by atoms with E-state index in [2.05, 4.69) is 11.8 Å². The standard InChI is InChI=1S/C14H28N2/c1-2-12-7-8-16(10-12)11-14-6-4-3-5-13(14)9-15/h12-14H,2-11,15H2,1H3. The zero-order chi connectivity index (χ0) is 11.4. The Morgan fingerprint density at radius 2 is 1.88 bits per heavy atom. The smallest absolute Gasteiger partial charge is 0.00129 e. The molecule has 0 radical (unpaired) electrons. The predicted molar refractivity (Wildman–Crippen MR) is 69.3 cm³/mol. The zero-order valence-electron chi connectivity index (χ0n) is 10.8. The van der Waals surface area contributed by atoms with Gasteiger partial charge in [-0.1, -0.05) is 26.2 Å². The van der Waals surface area contributed by atoms with E-state index in [0.717, 1.165) is 24.3 Å². The van der Waals surface area contributed by atoms with Crippen LogP contribution < -0.4 is 5.73 Å². The molecular formula is C14H28N2. The van der Waals surface area contributed by atoms with E-state index in [-0.39, 0.29) is 0 Å². The topological polar surface area (TPSA) is 29.3 Å². The van der Waals surface area contributed by atoms with Gasteiger partial charge < -0.3 is 10.6 Å². The van der Waals surface area contributed by atoms with Gasteiger partial charge in [0.15, 0.2) is 0 Å². The highest BCUT2D eigenvalue weighted by atomic mass is 15.1. The van der Waals surface area contributed by atoms with E-state index in [1.807, 2.05) is 0 Å². The van der Waals surface area contributed by atoms with E-state index >= 15 is 0 Å². The summed E-state index contributed by atoms with van der Waals surface area (Å²) >= 11 is 0. The minimum Gasteiger partial charge on any atom is -0.330 e. The van der Waals surface area contributed by atoms with Crippen molar-refractivity contribution in [2.24, 2.45) is 23.5 Å². The number of likely N-dealkylation sites (tertiary alicyclic amines) is 1. The SMILES string of the molecule is CCC1CCN(CC2CCCCC2CN)C1. The van der Waals surface area contributed by atoms with E-state index in [1.165, 1.54) is 58.2 Å². The van der Waals surface area contributed by atoms with Crippen molar-refractivity contribution in [3.05, 3.63) is 0 Å². The van der Waals surface area contributed by atoms with Gasteiger partial charge in [-0.2, -0.15) is 0 Å². The van der Waals surface area contributed by atoms with Gasteiger partial charge in [0.2, 0.25) is 0 Å². The fourth-order valence-electron chi connectivity index (χ4n) is 3.58. The summed E-state index contributed by atoms with van der Waals surface area (Å²) in [5, 5.41) is 0. The second-order valence-electron chi connectivity index (χ2n) is 5.86. The van der Waals surface area contributed by atoms with Crippen molar-refractivity contribution in [1.29, 1.82) is 0 Å². The summed E-state index contributed by atoms with van der Waals surface area (Å²) in [6, 6.07) is 0. The third-order valence-electron chi connectivity index (χ3n) is 4.81. The molecule has 3 unspecified atom stereocenters. The van der Waals surface area contributed by atoms with Crippen LogP contribution in [0.4, 0.5) is 0 Å². The molecule has 2 fully saturated rings. The summed E-state index contributed by atoms with van der Waals surface area (Å²) in [4.78, 5) is 2.70. The highest BCUT2D eigenvalue weighted by Gasteiger charge is 2.28. The van der Waals surface area contributed by atoms with Crippen molar-refractivity contribution in [3.8, 4) is 0 Å². The van der Waals surface area contributed by atoms with Crippen LogP contribution in [0.5, 0.6) is 0 Å². The maximum Gasteiger partial charge on any atom is 0.00129 e. The molecule has 2 rings (SSSR count). The molecule has 1 aliphatic carbocycles. The quantitative estimate of drug-likeness (QED) is 0.795. The van der Waals surface area contributed by atoms with Gasteiger partial charge in [0.25, 0.3) is 0 Å². The first-order chi connectivity index (χ1) is 7.83. The minimum atomic E-state index is 0.814. The Balaban J connectivity index is 1.79. The molecule has 2 N–H and O–H groups in total. The first kappa shape index (κ1) is 12.4. The van der Waals surface area contributed by atoms with Crippen molar-refractivity contribution in [1.82, 2.24) is 4.90 Å². The Morgan fingerprint density at radius 3 is 2.50 bits per heavy atom. The molecule has 1 heterocycles. The highest BCUT2D eigenvalue weighted by Crippen LogP contribution is 2.31. The van der Waals surface area contributed by atoms with Gasteiger partial charge in [-0.25, -0.2) is 0 Å². The third kappa shape index (κ3) is 2.98. The molecule has 0 aromatic carbocycles. The van der Waals surface area contributed by atoms with Gasteiger partial charge in [0.1, 0.15) is 0 Å². The molecule has 1 saturated heterocycles. The highest BCUT2D eigenvalue weighted by molar-refractivity contribution is 4.82.